The molecule has 3 aromatic rings. The molecular weight excluding hydrogens is 242 g/mol. The lowest BCUT2D eigenvalue weighted by Gasteiger charge is -2.11. The van der Waals surface area contributed by atoms with Crippen molar-refractivity contribution in [2.45, 2.75) is 13.0 Å². The third kappa shape index (κ3) is 2.10. The van der Waals surface area contributed by atoms with E-state index in [9.17, 15) is 0 Å². The van der Waals surface area contributed by atoms with Gasteiger partial charge in [-0.1, -0.05) is 0 Å². The maximum Gasteiger partial charge on any atom is 0.201 e. The topological polar surface area (TPSA) is 97.4 Å². The van der Waals surface area contributed by atoms with Gasteiger partial charge in [0.05, 0.1) is 17.1 Å². The molecule has 0 radical (unpaired) electrons. The van der Waals surface area contributed by atoms with Crippen molar-refractivity contribution in [1.29, 1.82) is 0 Å². The van der Waals surface area contributed by atoms with Crippen molar-refractivity contribution < 1.29 is 0 Å². The van der Waals surface area contributed by atoms with Gasteiger partial charge in [0.15, 0.2) is 5.82 Å². The summed E-state index contributed by atoms with van der Waals surface area (Å²) in [6, 6.07) is 5.59. The van der Waals surface area contributed by atoms with Crippen molar-refractivity contribution in [3.63, 3.8) is 0 Å². The fraction of sp³-hybridized carbons (Fsp3) is 0.250. The van der Waals surface area contributed by atoms with Crippen LogP contribution in [0.5, 0.6) is 0 Å². The van der Waals surface area contributed by atoms with Crippen molar-refractivity contribution in [2.75, 3.05) is 11.1 Å². The highest BCUT2D eigenvalue weighted by Gasteiger charge is 2.13. The molecule has 0 aliphatic carbocycles. The summed E-state index contributed by atoms with van der Waals surface area (Å²) in [5.74, 6) is 1.54. The van der Waals surface area contributed by atoms with E-state index in [-0.39, 0.29) is 6.04 Å². The first-order chi connectivity index (χ1) is 9.13. The molecule has 0 amide bonds. The number of rotatable bonds is 3. The molecule has 19 heavy (non-hydrogen) atoms. The summed E-state index contributed by atoms with van der Waals surface area (Å²) in [4.78, 5) is 7.64. The molecule has 0 fully saturated rings. The summed E-state index contributed by atoms with van der Waals surface area (Å²) >= 11 is 0. The van der Waals surface area contributed by atoms with Crippen LogP contribution in [0.3, 0.4) is 0 Å². The number of fused-ring (bicyclic) bond motifs is 1. The van der Waals surface area contributed by atoms with E-state index in [4.69, 9.17) is 5.73 Å². The summed E-state index contributed by atoms with van der Waals surface area (Å²) in [7, 11) is 1.91. The highest BCUT2D eigenvalue weighted by molar-refractivity contribution is 5.80. The second-order valence-electron chi connectivity index (χ2n) is 4.53. The van der Waals surface area contributed by atoms with Crippen LogP contribution in [0.25, 0.3) is 11.0 Å². The van der Waals surface area contributed by atoms with Gasteiger partial charge in [0.25, 0.3) is 0 Å². The number of benzene rings is 1. The van der Waals surface area contributed by atoms with Gasteiger partial charge < -0.3 is 20.6 Å². The molecule has 7 nitrogen and oxygen atoms in total. The summed E-state index contributed by atoms with van der Waals surface area (Å²) in [5.41, 5.74) is 8.24. The Balaban J connectivity index is 1.87. The van der Waals surface area contributed by atoms with Gasteiger partial charge in [0.2, 0.25) is 5.95 Å². The highest BCUT2D eigenvalue weighted by Crippen LogP contribution is 2.20. The first kappa shape index (κ1) is 11.5. The van der Waals surface area contributed by atoms with E-state index in [1.807, 2.05) is 36.7 Å². The summed E-state index contributed by atoms with van der Waals surface area (Å²) in [5, 5.41) is 11.2. The van der Waals surface area contributed by atoms with E-state index in [0.29, 0.717) is 11.6 Å². The minimum atomic E-state index is 0.00501. The van der Waals surface area contributed by atoms with Crippen LogP contribution in [0.15, 0.2) is 24.5 Å². The zero-order chi connectivity index (χ0) is 13.4. The van der Waals surface area contributed by atoms with Gasteiger partial charge >= 0.3 is 0 Å². The number of aromatic amines is 1. The van der Waals surface area contributed by atoms with Gasteiger partial charge in [0.1, 0.15) is 6.33 Å². The molecule has 2 aromatic heterocycles. The van der Waals surface area contributed by atoms with Crippen molar-refractivity contribution in [3.8, 4) is 0 Å². The van der Waals surface area contributed by atoms with E-state index in [1.165, 1.54) is 0 Å². The lowest BCUT2D eigenvalue weighted by atomic mass is 10.3. The van der Waals surface area contributed by atoms with E-state index in [0.717, 1.165) is 16.9 Å². The number of nitrogens with two attached hydrogens (primary N) is 1. The number of nitrogens with one attached hydrogen (secondary N) is 2. The zero-order valence-electron chi connectivity index (χ0n) is 10.8. The number of hydrogen-bond donors (Lipinski definition) is 3. The van der Waals surface area contributed by atoms with Crippen LogP contribution in [0.2, 0.25) is 0 Å². The Labute approximate surface area is 109 Å². The van der Waals surface area contributed by atoms with Crippen LogP contribution in [-0.2, 0) is 7.05 Å². The van der Waals surface area contributed by atoms with Gasteiger partial charge in [0, 0.05) is 12.7 Å². The van der Waals surface area contributed by atoms with E-state index < -0.39 is 0 Å². The molecule has 7 heteroatoms. The highest BCUT2D eigenvalue weighted by atomic mass is 15.3. The number of aryl methyl sites for hydroxylation is 1. The van der Waals surface area contributed by atoms with Crippen molar-refractivity contribution in [3.05, 3.63) is 30.4 Å². The monoisotopic (exact) mass is 257 g/mol. The van der Waals surface area contributed by atoms with Gasteiger partial charge in [-0.05, 0) is 25.1 Å². The average molecular weight is 257 g/mol. The zero-order valence-corrected chi connectivity index (χ0v) is 10.8. The minimum Gasteiger partial charge on any atom is -0.399 e. The third-order valence-corrected chi connectivity index (χ3v) is 2.99. The molecule has 0 saturated heterocycles. The number of anilines is 2. The van der Waals surface area contributed by atoms with Crippen molar-refractivity contribution >= 4 is 22.7 Å². The van der Waals surface area contributed by atoms with Gasteiger partial charge in [-0.3, -0.25) is 0 Å². The largest absolute Gasteiger partial charge is 0.399 e. The molecule has 1 aromatic carbocycles. The smallest absolute Gasteiger partial charge is 0.201 e. The van der Waals surface area contributed by atoms with E-state index in [2.05, 4.69) is 25.5 Å². The number of imidazole rings is 1. The molecular formula is C12H15N7. The molecule has 0 aliphatic heterocycles. The number of hydrogen-bond acceptors (Lipinski definition) is 5. The Morgan fingerprint density at radius 2 is 2.26 bits per heavy atom. The number of H-pyrrole nitrogens is 1. The molecule has 0 aliphatic rings. The van der Waals surface area contributed by atoms with E-state index in [1.54, 1.807) is 6.33 Å². The summed E-state index contributed by atoms with van der Waals surface area (Å²) < 4.78 is 1.87. The maximum atomic E-state index is 5.74. The first-order valence-electron chi connectivity index (χ1n) is 5.99. The van der Waals surface area contributed by atoms with Crippen LogP contribution in [0.1, 0.15) is 18.8 Å². The lowest BCUT2D eigenvalue weighted by molar-refractivity contribution is 0.714. The predicted molar refractivity (Wildman–Crippen MR) is 73.5 cm³/mol. The Bertz CT molecular complexity index is 712. The standard InChI is InChI=1S/C12H15N7/c1-7(11-18-14-6-19(11)2)15-12-16-9-4-3-8(13)5-10(9)17-12/h3-7H,13H2,1-2H3,(H2,15,16,17). The third-order valence-electron chi connectivity index (χ3n) is 2.99. The molecule has 0 bridgehead atoms. The van der Waals surface area contributed by atoms with Crippen molar-refractivity contribution in [1.82, 2.24) is 24.7 Å². The quantitative estimate of drug-likeness (QED) is 0.617. The van der Waals surface area contributed by atoms with Crippen molar-refractivity contribution in [2.24, 2.45) is 7.05 Å². The minimum absolute atomic E-state index is 0.00501. The van der Waals surface area contributed by atoms with E-state index >= 15 is 0 Å². The summed E-state index contributed by atoms with van der Waals surface area (Å²) in [6.07, 6.45) is 1.67. The Morgan fingerprint density at radius 3 is 3.00 bits per heavy atom. The number of nitrogen functional groups attached to an aromatic ring is 1. The SMILES string of the molecule is CC(Nc1nc2ccc(N)cc2[nH]1)c1nncn1C. The normalized spacial score (nSPS) is 12.7. The van der Waals surface area contributed by atoms with Crippen LogP contribution >= 0.6 is 0 Å². The fourth-order valence-corrected chi connectivity index (χ4v) is 2.05. The van der Waals surface area contributed by atoms with Gasteiger partial charge in [-0.15, -0.1) is 10.2 Å². The lowest BCUT2D eigenvalue weighted by Crippen LogP contribution is -2.12. The molecule has 2 heterocycles. The number of aromatic nitrogens is 5. The second kappa shape index (κ2) is 4.27. The second-order valence-corrected chi connectivity index (χ2v) is 4.53. The van der Waals surface area contributed by atoms with Gasteiger partial charge in [-0.25, -0.2) is 4.98 Å². The van der Waals surface area contributed by atoms with Crippen LogP contribution in [-0.4, -0.2) is 24.7 Å². The van der Waals surface area contributed by atoms with Crippen LogP contribution in [0.4, 0.5) is 11.6 Å². The Morgan fingerprint density at radius 1 is 1.42 bits per heavy atom. The molecule has 1 atom stereocenters. The maximum absolute atomic E-state index is 5.74. The van der Waals surface area contributed by atoms with Gasteiger partial charge in [-0.2, -0.15) is 0 Å². The Hall–Kier alpha value is -2.57. The molecule has 98 valence electrons. The summed E-state index contributed by atoms with van der Waals surface area (Å²) in [6.45, 7) is 2.01. The fourth-order valence-electron chi connectivity index (χ4n) is 2.05. The molecule has 4 N–H and O–H groups in total. The predicted octanol–water partition coefficient (Wildman–Crippen LogP) is 1.45. The average Bonchev–Trinajstić information content (AvgIpc) is 2.94. The molecule has 0 saturated carbocycles. The Kier molecular flexibility index (Phi) is 2.59. The molecule has 0 spiro atoms. The van der Waals surface area contributed by atoms with Crippen LogP contribution in [0, 0.1) is 0 Å². The molecule has 1 unspecified atom stereocenters. The first-order valence-corrected chi connectivity index (χ1v) is 5.99. The molecule has 3 rings (SSSR count). The number of nitrogens with zero attached hydrogens (tertiary/aromatic N) is 4. The van der Waals surface area contributed by atoms with Crippen LogP contribution < -0.4 is 11.1 Å².